The van der Waals surface area contributed by atoms with Crippen LogP contribution in [0.4, 0.5) is 0 Å². The zero-order valence-electron chi connectivity index (χ0n) is 12.7. The number of fused-ring (bicyclic) bond motifs is 1. The predicted molar refractivity (Wildman–Crippen MR) is 101 cm³/mol. The molecule has 0 bridgehead atoms. The van der Waals surface area contributed by atoms with E-state index in [4.69, 9.17) is 11.6 Å². The largest absolute Gasteiger partial charge is 0.508 e. The van der Waals surface area contributed by atoms with Crippen LogP contribution in [0.3, 0.4) is 0 Å². The van der Waals surface area contributed by atoms with E-state index >= 15 is 0 Å². The minimum Gasteiger partial charge on any atom is -0.508 e. The van der Waals surface area contributed by atoms with Crippen LogP contribution in [0, 0.1) is 6.92 Å². The van der Waals surface area contributed by atoms with Gasteiger partial charge in [0.1, 0.15) is 16.9 Å². The van der Waals surface area contributed by atoms with Crippen LogP contribution >= 0.6 is 34.3 Å². The SMILES string of the molecule is Cc1sc(C(c2ccc(O)cc2)c2cc3cncnc3s2)cc1Cl. The molecule has 120 valence electrons. The monoisotopic (exact) mass is 372 g/mol. The van der Waals surface area contributed by atoms with Gasteiger partial charge in [-0.2, -0.15) is 0 Å². The highest BCUT2D eigenvalue weighted by Crippen LogP contribution is 2.42. The van der Waals surface area contributed by atoms with Crippen molar-refractivity contribution in [3.05, 3.63) is 74.1 Å². The number of phenols is 1. The van der Waals surface area contributed by atoms with Crippen molar-refractivity contribution in [3.63, 3.8) is 0 Å². The summed E-state index contributed by atoms with van der Waals surface area (Å²) in [4.78, 5) is 12.9. The molecule has 3 nitrogen and oxygen atoms in total. The summed E-state index contributed by atoms with van der Waals surface area (Å²) >= 11 is 9.67. The van der Waals surface area contributed by atoms with Crippen LogP contribution in [-0.4, -0.2) is 15.1 Å². The summed E-state index contributed by atoms with van der Waals surface area (Å²) in [6.45, 7) is 2.03. The second kappa shape index (κ2) is 6.16. The highest BCUT2D eigenvalue weighted by atomic mass is 35.5. The van der Waals surface area contributed by atoms with E-state index in [1.165, 1.54) is 9.75 Å². The first kappa shape index (κ1) is 15.6. The number of aromatic nitrogens is 2. The summed E-state index contributed by atoms with van der Waals surface area (Å²) in [6.07, 6.45) is 3.41. The third-order valence-corrected chi connectivity index (χ3v) is 6.63. The van der Waals surface area contributed by atoms with Gasteiger partial charge in [0.25, 0.3) is 0 Å². The molecule has 0 fully saturated rings. The number of thiophene rings is 2. The molecule has 0 saturated heterocycles. The van der Waals surface area contributed by atoms with Gasteiger partial charge < -0.3 is 5.11 Å². The van der Waals surface area contributed by atoms with Gasteiger partial charge >= 0.3 is 0 Å². The zero-order valence-corrected chi connectivity index (χ0v) is 15.1. The number of hydrogen-bond acceptors (Lipinski definition) is 5. The quantitative estimate of drug-likeness (QED) is 0.509. The molecule has 0 spiro atoms. The van der Waals surface area contributed by atoms with Gasteiger partial charge in [0.15, 0.2) is 0 Å². The van der Waals surface area contributed by atoms with Crippen LogP contribution in [0.2, 0.25) is 5.02 Å². The Hall–Kier alpha value is -1.95. The smallest absolute Gasteiger partial charge is 0.126 e. The molecule has 0 aliphatic carbocycles. The number of halogens is 1. The molecular formula is C18H13ClN2OS2. The normalized spacial score (nSPS) is 12.6. The Morgan fingerprint density at radius 2 is 1.83 bits per heavy atom. The van der Waals surface area contributed by atoms with Crippen LogP contribution in [0.15, 0.2) is 48.9 Å². The van der Waals surface area contributed by atoms with Crippen LogP contribution in [0.5, 0.6) is 5.75 Å². The molecule has 1 aromatic carbocycles. The summed E-state index contributed by atoms with van der Waals surface area (Å²) in [7, 11) is 0. The number of benzene rings is 1. The van der Waals surface area contributed by atoms with Crippen molar-refractivity contribution >= 4 is 44.5 Å². The Labute approximate surface area is 152 Å². The van der Waals surface area contributed by atoms with Gasteiger partial charge in [0.05, 0.1) is 10.9 Å². The molecule has 24 heavy (non-hydrogen) atoms. The highest BCUT2D eigenvalue weighted by Gasteiger charge is 2.22. The second-order valence-corrected chi connectivity index (χ2v) is 8.27. The average molecular weight is 373 g/mol. The van der Waals surface area contributed by atoms with Gasteiger partial charge in [0.2, 0.25) is 0 Å². The molecule has 4 rings (SSSR count). The van der Waals surface area contributed by atoms with Crippen molar-refractivity contribution in [2.75, 3.05) is 0 Å². The number of aryl methyl sites for hydroxylation is 1. The third kappa shape index (κ3) is 2.79. The van der Waals surface area contributed by atoms with Crippen molar-refractivity contribution in [1.82, 2.24) is 9.97 Å². The zero-order chi connectivity index (χ0) is 16.7. The van der Waals surface area contributed by atoms with Gasteiger partial charge in [-0.05, 0) is 36.8 Å². The average Bonchev–Trinajstić information content (AvgIpc) is 3.13. The van der Waals surface area contributed by atoms with Crippen molar-refractivity contribution in [1.29, 1.82) is 0 Å². The standard InChI is InChI=1S/C18H13ClN2OS2/c1-10-14(19)7-16(23-10)17(11-2-4-13(22)5-3-11)15-6-12-8-20-9-21-18(12)24-15/h2-9,17,22H,1H3. The first-order valence-corrected chi connectivity index (χ1v) is 9.37. The number of phenolic OH excluding ortho intramolecular Hbond substituents is 1. The molecule has 1 N–H and O–H groups in total. The third-order valence-electron chi connectivity index (χ3n) is 3.89. The van der Waals surface area contributed by atoms with Gasteiger partial charge in [-0.1, -0.05) is 23.7 Å². The second-order valence-electron chi connectivity index (χ2n) is 5.51. The van der Waals surface area contributed by atoms with Gasteiger partial charge in [-0.25, -0.2) is 9.97 Å². The summed E-state index contributed by atoms with van der Waals surface area (Å²) in [5.74, 6) is 0.334. The van der Waals surface area contributed by atoms with Crippen molar-refractivity contribution in [2.45, 2.75) is 12.8 Å². The van der Waals surface area contributed by atoms with Gasteiger partial charge in [-0.15, -0.1) is 22.7 Å². The first-order chi connectivity index (χ1) is 11.6. The molecule has 0 aliphatic rings. The summed E-state index contributed by atoms with van der Waals surface area (Å²) in [5.41, 5.74) is 1.12. The lowest BCUT2D eigenvalue weighted by Crippen LogP contribution is -1.98. The molecule has 6 heteroatoms. The summed E-state index contributed by atoms with van der Waals surface area (Å²) in [5, 5.41) is 11.4. The van der Waals surface area contributed by atoms with Crippen LogP contribution in [0.1, 0.15) is 26.1 Å². The maximum atomic E-state index is 9.61. The lowest BCUT2D eigenvalue weighted by molar-refractivity contribution is 0.475. The maximum absolute atomic E-state index is 9.61. The van der Waals surface area contributed by atoms with E-state index in [0.29, 0.717) is 0 Å². The van der Waals surface area contributed by atoms with E-state index in [-0.39, 0.29) is 11.7 Å². The van der Waals surface area contributed by atoms with E-state index in [0.717, 1.165) is 25.7 Å². The Bertz CT molecular complexity index is 955. The molecule has 0 amide bonds. The number of nitrogens with zero attached hydrogens (tertiary/aromatic N) is 2. The van der Waals surface area contributed by atoms with E-state index < -0.39 is 0 Å². The first-order valence-electron chi connectivity index (χ1n) is 7.36. The predicted octanol–water partition coefficient (Wildman–Crippen LogP) is 5.60. The number of hydrogen-bond donors (Lipinski definition) is 1. The molecule has 3 aromatic heterocycles. The fraction of sp³-hybridized carbons (Fsp3) is 0.111. The van der Waals surface area contributed by atoms with Crippen LogP contribution in [0.25, 0.3) is 10.2 Å². The maximum Gasteiger partial charge on any atom is 0.126 e. The van der Waals surface area contributed by atoms with Gasteiger partial charge in [0, 0.05) is 26.2 Å². The van der Waals surface area contributed by atoms with Crippen molar-refractivity contribution < 1.29 is 5.11 Å². The van der Waals surface area contributed by atoms with Crippen molar-refractivity contribution in [2.24, 2.45) is 0 Å². The molecule has 4 aromatic rings. The minimum absolute atomic E-state index is 0.0704. The lowest BCUT2D eigenvalue weighted by atomic mass is 9.95. The molecule has 0 aliphatic heterocycles. The Morgan fingerprint density at radius 1 is 1.08 bits per heavy atom. The fourth-order valence-corrected chi connectivity index (χ4v) is 5.27. The van der Waals surface area contributed by atoms with E-state index in [1.807, 2.05) is 31.3 Å². The van der Waals surface area contributed by atoms with E-state index in [9.17, 15) is 5.11 Å². The Kier molecular flexibility index (Phi) is 4.00. The summed E-state index contributed by atoms with van der Waals surface area (Å²) in [6, 6.07) is 11.5. The Balaban J connectivity index is 1.90. The topological polar surface area (TPSA) is 46.0 Å². The number of rotatable bonds is 3. The number of aromatic hydroxyl groups is 1. The lowest BCUT2D eigenvalue weighted by Gasteiger charge is -2.14. The fourth-order valence-electron chi connectivity index (χ4n) is 2.71. The molecule has 3 heterocycles. The highest BCUT2D eigenvalue weighted by molar-refractivity contribution is 7.19. The molecular weight excluding hydrogens is 360 g/mol. The molecule has 0 radical (unpaired) electrons. The minimum atomic E-state index is 0.0704. The summed E-state index contributed by atoms with van der Waals surface area (Å²) < 4.78 is 0. The Morgan fingerprint density at radius 3 is 2.50 bits per heavy atom. The molecule has 1 atom stereocenters. The molecule has 1 unspecified atom stereocenters. The molecule has 0 saturated carbocycles. The van der Waals surface area contributed by atoms with Gasteiger partial charge in [-0.3, -0.25) is 0 Å². The van der Waals surface area contributed by atoms with Crippen LogP contribution < -0.4 is 0 Å². The van der Waals surface area contributed by atoms with Crippen LogP contribution in [-0.2, 0) is 0 Å². The van der Waals surface area contributed by atoms with E-state index in [2.05, 4.69) is 16.0 Å². The van der Waals surface area contributed by atoms with Crippen molar-refractivity contribution in [3.8, 4) is 5.75 Å². The van der Waals surface area contributed by atoms with E-state index in [1.54, 1.807) is 41.1 Å².